The van der Waals surface area contributed by atoms with Crippen LogP contribution in [0.3, 0.4) is 0 Å². The Kier molecular flexibility index (Phi) is 43.8. The van der Waals surface area contributed by atoms with E-state index in [0.717, 1.165) is 57.8 Å². The highest BCUT2D eigenvalue weighted by molar-refractivity contribution is 5.71. The first-order valence-corrected chi connectivity index (χ1v) is 23.1. The second-order valence-corrected chi connectivity index (χ2v) is 14.4. The predicted molar refractivity (Wildman–Crippen MR) is 260 cm³/mol. The smallest absolute Gasteiger partial charge is 0.306 e. The van der Waals surface area contributed by atoms with Crippen molar-refractivity contribution in [3.63, 3.8) is 0 Å². The molecule has 336 valence electrons. The van der Waals surface area contributed by atoms with Crippen molar-refractivity contribution in [3.05, 3.63) is 158 Å². The SMILES string of the molecule is CC\C=C/C=C\C=C/C=C\C=C/CCCC(=O)OC(COC(=O)CCC/C=C\C/C=C\C/C=C\C/C=C\CCCCC)COC(=O)CCCCC\C=C/C=C\C=C/C=C\CC. The van der Waals surface area contributed by atoms with Gasteiger partial charge in [0.15, 0.2) is 6.10 Å². The maximum absolute atomic E-state index is 12.7. The van der Waals surface area contributed by atoms with Crippen molar-refractivity contribution in [3.8, 4) is 0 Å². The van der Waals surface area contributed by atoms with E-state index in [1.165, 1.54) is 25.7 Å². The molecule has 0 fully saturated rings. The van der Waals surface area contributed by atoms with Gasteiger partial charge in [-0.2, -0.15) is 0 Å². The molecule has 0 radical (unpaired) electrons. The van der Waals surface area contributed by atoms with Crippen LogP contribution in [0.5, 0.6) is 0 Å². The van der Waals surface area contributed by atoms with Crippen molar-refractivity contribution in [2.45, 2.75) is 155 Å². The quantitative estimate of drug-likeness (QED) is 0.0203. The normalized spacial score (nSPS) is 13.6. The van der Waals surface area contributed by atoms with Crippen LogP contribution >= 0.6 is 0 Å². The topological polar surface area (TPSA) is 78.9 Å². The summed E-state index contributed by atoms with van der Waals surface area (Å²) >= 11 is 0. The van der Waals surface area contributed by atoms with Gasteiger partial charge in [-0.15, -0.1) is 0 Å². The molecule has 0 bridgehead atoms. The van der Waals surface area contributed by atoms with E-state index in [0.29, 0.717) is 25.7 Å². The molecule has 0 aromatic heterocycles. The fourth-order valence-corrected chi connectivity index (χ4v) is 5.30. The molecule has 0 heterocycles. The van der Waals surface area contributed by atoms with Crippen LogP contribution in [0.1, 0.15) is 149 Å². The van der Waals surface area contributed by atoms with Crippen molar-refractivity contribution >= 4 is 17.9 Å². The Labute approximate surface area is 371 Å². The molecular formula is C55H80O6. The zero-order valence-electron chi connectivity index (χ0n) is 38.1. The largest absolute Gasteiger partial charge is 0.462 e. The van der Waals surface area contributed by atoms with E-state index in [9.17, 15) is 14.4 Å². The summed E-state index contributed by atoms with van der Waals surface area (Å²) in [6.45, 7) is 6.13. The maximum atomic E-state index is 12.7. The van der Waals surface area contributed by atoms with Gasteiger partial charge in [-0.25, -0.2) is 0 Å². The minimum Gasteiger partial charge on any atom is -0.462 e. The summed E-state index contributed by atoms with van der Waals surface area (Å²) in [5.41, 5.74) is 0. The van der Waals surface area contributed by atoms with Gasteiger partial charge in [-0.3, -0.25) is 14.4 Å². The fourth-order valence-electron chi connectivity index (χ4n) is 5.30. The molecule has 0 aliphatic heterocycles. The first-order chi connectivity index (χ1) is 30.0. The highest BCUT2D eigenvalue weighted by Crippen LogP contribution is 2.09. The second kappa shape index (κ2) is 47.7. The Bertz CT molecular complexity index is 1470. The van der Waals surface area contributed by atoms with E-state index in [2.05, 4.69) is 87.6 Å². The number of carbonyl (C=O) groups excluding carboxylic acids is 3. The number of hydrogen-bond donors (Lipinski definition) is 0. The Morgan fingerprint density at radius 3 is 1.20 bits per heavy atom. The molecule has 61 heavy (non-hydrogen) atoms. The van der Waals surface area contributed by atoms with Crippen LogP contribution in [0, 0.1) is 0 Å². The van der Waals surface area contributed by atoms with Crippen molar-refractivity contribution in [1.29, 1.82) is 0 Å². The second-order valence-electron chi connectivity index (χ2n) is 14.4. The lowest BCUT2D eigenvalue weighted by atomic mass is 10.1. The summed E-state index contributed by atoms with van der Waals surface area (Å²) < 4.78 is 16.6. The number of ether oxygens (including phenoxy) is 3. The molecular weight excluding hydrogens is 757 g/mol. The van der Waals surface area contributed by atoms with Crippen LogP contribution in [-0.4, -0.2) is 37.2 Å². The van der Waals surface area contributed by atoms with E-state index in [1.54, 1.807) is 0 Å². The van der Waals surface area contributed by atoms with E-state index >= 15 is 0 Å². The molecule has 0 aromatic carbocycles. The molecule has 0 rings (SSSR count). The van der Waals surface area contributed by atoms with Gasteiger partial charge in [0.25, 0.3) is 0 Å². The van der Waals surface area contributed by atoms with E-state index in [4.69, 9.17) is 14.2 Å². The van der Waals surface area contributed by atoms with Gasteiger partial charge < -0.3 is 14.2 Å². The van der Waals surface area contributed by atoms with E-state index in [-0.39, 0.29) is 44.4 Å². The third-order valence-corrected chi connectivity index (χ3v) is 8.72. The van der Waals surface area contributed by atoms with Crippen molar-refractivity contribution in [1.82, 2.24) is 0 Å². The number of allylic oxidation sites excluding steroid dienone is 26. The van der Waals surface area contributed by atoms with Gasteiger partial charge in [0.05, 0.1) is 0 Å². The molecule has 0 aliphatic carbocycles. The number of carbonyl (C=O) groups is 3. The van der Waals surface area contributed by atoms with Crippen LogP contribution in [0.25, 0.3) is 0 Å². The summed E-state index contributed by atoms with van der Waals surface area (Å²) in [4.78, 5) is 37.8. The molecule has 0 saturated carbocycles. The fraction of sp³-hybridized carbons (Fsp3) is 0.473. The zero-order valence-corrected chi connectivity index (χ0v) is 38.1. The maximum Gasteiger partial charge on any atom is 0.306 e. The summed E-state index contributed by atoms with van der Waals surface area (Å²) in [6, 6.07) is 0. The number of unbranched alkanes of at least 4 members (excludes halogenated alkanes) is 8. The van der Waals surface area contributed by atoms with Gasteiger partial charge in [-0.1, -0.05) is 198 Å². The molecule has 1 unspecified atom stereocenters. The lowest BCUT2D eigenvalue weighted by molar-refractivity contribution is -0.167. The lowest BCUT2D eigenvalue weighted by Crippen LogP contribution is -2.30. The number of esters is 3. The lowest BCUT2D eigenvalue weighted by Gasteiger charge is -2.18. The molecule has 0 amide bonds. The first-order valence-electron chi connectivity index (χ1n) is 23.1. The van der Waals surface area contributed by atoms with Crippen molar-refractivity contribution < 1.29 is 28.6 Å². The third-order valence-electron chi connectivity index (χ3n) is 8.72. The highest BCUT2D eigenvalue weighted by Gasteiger charge is 2.19. The van der Waals surface area contributed by atoms with Crippen molar-refractivity contribution in [2.75, 3.05) is 13.2 Å². The van der Waals surface area contributed by atoms with Gasteiger partial charge in [0.1, 0.15) is 13.2 Å². The molecule has 0 N–H and O–H groups in total. The van der Waals surface area contributed by atoms with Gasteiger partial charge in [-0.05, 0) is 89.9 Å². The average molecular weight is 837 g/mol. The van der Waals surface area contributed by atoms with E-state index in [1.807, 2.05) is 91.1 Å². The molecule has 6 heteroatoms. The average Bonchev–Trinajstić information content (AvgIpc) is 3.26. The number of rotatable bonds is 38. The van der Waals surface area contributed by atoms with Crippen LogP contribution in [0.15, 0.2) is 158 Å². The predicted octanol–water partition coefficient (Wildman–Crippen LogP) is 15.1. The van der Waals surface area contributed by atoms with Gasteiger partial charge in [0.2, 0.25) is 0 Å². The van der Waals surface area contributed by atoms with Gasteiger partial charge >= 0.3 is 17.9 Å². The Morgan fingerprint density at radius 2 is 0.721 bits per heavy atom. The Balaban J connectivity index is 4.68. The first kappa shape index (κ1) is 56.0. The minimum absolute atomic E-state index is 0.153. The van der Waals surface area contributed by atoms with Crippen LogP contribution in [0.4, 0.5) is 0 Å². The third kappa shape index (κ3) is 46.0. The van der Waals surface area contributed by atoms with Crippen LogP contribution < -0.4 is 0 Å². The molecule has 6 nitrogen and oxygen atoms in total. The summed E-state index contributed by atoms with van der Waals surface area (Å²) in [5, 5.41) is 0. The minimum atomic E-state index is -0.860. The Hall–Kier alpha value is -4.97. The molecule has 0 spiro atoms. The van der Waals surface area contributed by atoms with Crippen LogP contribution in [-0.2, 0) is 28.6 Å². The molecule has 0 aromatic rings. The van der Waals surface area contributed by atoms with Crippen LogP contribution in [0.2, 0.25) is 0 Å². The van der Waals surface area contributed by atoms with Crippen molar-refractivity contribution in [2.24, 2.45) is 0 Å². The zero-order chi connectivity index (χ0) is 44.4. The molecule has 1 atom stereocenters. The summed E-state index contributed by atoms with van der Waals surface area (Å²) in [7, 11) is 0. The molecule has 0 aliphatic rings. The molecule has 0 saturated heterocycles. The summed E-state index contributed by atoms with van der Waals surface area (Å²) in [6.07, 6.45) is 69.5. The number of hydrogen-bond acceptors (Lipinski definition) is 6. The standard InChI is InChI=1S/C55H80O6/c1-4-7-10-13-16-19-22-25-26-27-28-31-33-36-39-42-45-48-54(57)60-51-52(61-55(58)49-46-43-40-37-34-30-24-21-18-15-12-9-6-3)50-59-53(56)47-44-41-38-35-32-29-23-20-17-14-11-8-5-2/h8-9,11-12,14-21,23-26,28-32,34,36-37,39-40,52H,4-7,10,13,22,27,33,35,38,41-51H2,1-3H3/b11-8-,12-9-,17-14-,18-15-,19-16-,23-20-,24-21-,26-25-,31-28-,32-29-,34-30-,39-36-,40-37-. The highest BCUT2D eigenvalue weighted by atomic mass is 16.6. The summed E-state index contributed by atoms with van der Waals surface area (Å²) in [5.74, 6) is -1.14. The van der Waals surface area contributed by atoms with E-state index < -0.39 is 12.1 Å². The van der Waals surface area contributed by atoms with Gasteiger partial charge in [0, 0.05) is 19.3 Å². The monoisotopic (exact) mass is 837 g/mol. The Morgan fingerprint density at radius 1 is 0.361 bits per heavy atom.